The van der Waals surface area contributed by atoms with Crippen molar-refractivity contribution < 1.29 is 9.47 Å². The maximum Gasteiger partial charge on any atom is 0.124 e. The molecular formula is C14H18BrClO2. The summed E-state index contributed by atoms with van der Waals surface area (Å²) in [6, 6.07) is 6.00. The van der Waals surface area contributed by atoms with E-state index in [9.17, 15) is 0 Å². The summed E-state index contributed by atoms with van der Waals surface area (Å²) in [5, 5.41) is -0.0611. The molecule has 1 aliphatic rings. The second-order valence-corrected chi connectivity index (χ2v) is 6.04. The third-order valence-corrected chi connectivity index (χ3v) is 4.30. The summed E-state index contributed by atoms with van der Waals surface area (Å²) in [6.07, 6.45) is 1.31. The van der Waals surface area contributed by atoms with Crippen molar-refractivity contribution >= 4 is 27.5 Å². The van der Waals surface area contributed by atoms with Gasteiger partial charge in [0.05, 0.1) is 24.7 Å². The number of hydrogen-bond acceptors (Lipinski definition) is 2. The third kappa shape index (κ3) is 3.19. The molecule has 1 saturated heterocycles. The normalized spacial score (nSPS) is 25.1. The summed E-state index contributed by atoms with van der Waals surface area (Å²) >= 11 is 10.1. The highest BCUT2D eigenvalue weighted by atomic mass is 79.9. The maximum absolute atomic E-state index is 6.61. The molecule has 18 heavy (non-hydrogen) atoms. The molecule has 1 aliphatic heterocycles. The van der Waals surface area contributed by atoms with E-state index < -0.39 is 0 Å². The SMILES string of the molecule is CCOc1ccc(Br)cc1C(Cl)C1COC(C)C1. The second-order valence-electron chi connectivity index (χ2n) is 4.66. The number of ether oxygens (including phenoxy) is 2. The Morgan fingerprint density at radius 2 is 2.33 bits per heavy atom. The van der Waals surface area contributed by atoms with Gasteiger partial charge in [-0.1, -0.05) is 15.9 Å². The van der Waals surface area contributed by atoms with E-state index in [-0.39, 0.29) is 5.38 Å². The zero-order valence-corrected chi connectivity index (χ0v) is 13.0. The molecule has 1 aromatic rings. The summed E-state index contributed by atoms with van der Waals surface area (Å²) in [5.41, 5.74) is 1.05. The van der Waals surface area contributed by atoms with Crippen LogP contribution in [0.3, 0.4) is 0 Å². The van der Waals surface area contributed by atoms with Crippen LogP contribution in [0.15, 0.2) is 22.7 Å². The first-order valence-electron chi connectivity index (χ1n) is 6.29. The van der Waals surface area contributed by atoms with Gasteiger partial charge in [-0.15, -0.1) is 11.6 Å². The standard InChI is InChI=1S/C14H18BrClO2/c1-3-17-13-5-4-11(15)7-12(13)14(16)10-6-9(2)18-8-10/h4-5,7,9-10,14H,3,6,8H2,1-2H3. The lowest BCUT2D eigenvalue weighted by atomic mass is 9.96. The smallest absolute Gasteiger partial charge is 0.124 e. The molecule has 4 heteroatoms. The number of alkyl halides is 1. The Labute approximate surface area is 122 Å². The highest BCUT2D eigenvalue weighted by Crippen LogP contribution is 2.41. The maximum atomic E-state index is 6.61. The van der Waals surface area contributed by atoms with Gasteiger partial charge in [-0.3, -0.25) is 0 Å². The topological polar surface area (TPSA) is 18.5 Å². The molecule has 0 radical (unpaired) electrons. The van der Waals surface area contributed by atoms with E-state index in [2.05, 4.69) is 22.9 Å². The first kappa shape index (κ1) is 14.2. The van der Waals surface area contributed by atoms with Gasteiger partial charge < -0.3 is 9.47 Å². The fourth-order valence-corrected chi connectivity index (χ4v) is 3.05. The van der Waals surface area contributed by atoms with Gasteiger partial charge in [-0.25, -0.2) is 0 Å². The lowest BCUT2D eigenvalue weighted by Crippen LogP contribution is -2.10. The van der Waals surface area contributed by atoms with E-state index in [1.54, 1.807) is 0 Å². The Hall–Kier alpha value is -0.250. The molecule has 2 rings (SSSR count). The molecule has 3 atom stereocenters. The number of benzene rings is 1. The van der Waals surface area contributed by atoms with Crippen LogP contribution < -0.4 is 4.74 Å². The zero-order valence-electron chi connectivity index (χ0n) is 10.7. The molecule has 0 saturated carbocycles. The van der Waals surface area contributed by atoms with E-state index in [1.165, 1.54) is 0 Å². The van der Waals surface area contributed by atoms with Crippen LogP contribution in [-0.2, 0) is 4.74 Å². The summed E-state index contributed by atoms with van der Waals surface area (Å²) in [7, 11) is 0. The Balaban J connectivity index is 2.22. The van der Waals surface area contributed by atoms with Crippen molar-refractivity contribution in [2.24, 2.45) is 5.92 Å². The summed E-state index contributed by atoms with van der Waals surface area (Å²) < 4.78 is 12.3. The first-order valence-corrected chi connectivity index (χ1v) is 7.52. The van der Waals surface area contributed by atoms with Crippen LogP contribution in [0.4, 0.5) is 0 Å². The van der Waals surface area contributed by atoms with Crippen molar-refractivity contribution in [1.82, 2.24) is 0 Å². The molecule has 1 aromatic carbocycles. The number of halogens is 2. The quantitative estimate of drug-likeness (QED) is 0.752. The van der Waals surface area contributed by atoms with E-state index in [0.717, 1.165) is 28.8 Å². The minimum absolute atomic E-state index is 0.0611. The molecule has 3 unspecified atom stereocenters. The minimum Gasteiger partial charge on any atom is -0.494 e. The van der Waals surface area contributed by atoms with Crippen LogP contribution in [0.5, 0.6) is 5.75 Å². The van der Waals surface area contributed by atoms with Crippen molar-refractivity contribution in [3.63, 3.8) is 0 Å². The average molecular weight is 334 g/mol. The fraction of sp³-hybridized carbons (Fsp3) is 0.571. The van der Waals surface area contributed by atoms with Crippen molar-refractivity contribution in [3.8, 4) is 5.75 Å². The van der Waals surface area contributed by atoms with Gasteiger partial charge in [0, 0.05) is 16.0 Å². The van der Waals surface area contributed by atoms with Crippen LogP contribution in [0, 0.1) is 5.92 Å². The first-order chi connectivity index (χ1) is 8.61. The predicted molar refractivity (Wildman–Crippen MR) is 77.4 cm³/mol. The molecule has 1 heterocycles. The second kappa shape index (κ2) is 6.27. The van der Waals surface area contributed by atoms with Gasteiger partial charge in [0.2, 0.25) is 0 Å². The molecule has 0 bridgehead atoms. The van der Waals surface area contributed by atoms with Gasteiger partial charge >= 0.3 is 0 Å². The molecule has 0 aromatic heterocycles. The van der Waals surface area contributed by atoms with Crippen LogP contribution in [0.2, 0.25) is 0 Å². The Morgan fingerprint density at radius 1 is 1.56 bits per heavy atom. The van der Waals surface area contributed by atoms with Gasteiger partial charge in [-0.05, 0) is 38.5 Å². The van der Waals surface area contributed by atoms with Crippen molar-refractivity contribution in [2.45, 2.75) is 31.7 Å². The molecule has 100 valence electrons. The van der Waals surface area contributed by atoms with Crippen LogP contribution in [-0.4, -0.2) is 19.3 Å². The number of hydrogen-bond donors (Lipinski definition) is 0. The van der Waals surface area contributed by atoms with Crippen molar-refractivity contribution in [1.29, 1.82) is 0 Å². The summed E-state index contributed by atoms with van der Waals surface area (Å²) in [4.78, 5) is 0. The summed E-state index contributed by atoms with van der Waals surface area (Å²) in [6.45, 7) is 5.45. The van der Waals surface area contributed by atoms with Crippen LogP contribution in [0.25, 0.3) is 0 Å². The molecule has 2 nitrogen and oxygen atoms in total. The third-order valence-electron chi connectivity index (χ3n) is 3.21. The van der Waals surface area contributed by atoms with Crippen LogP contribution >= 0.6 is 27.5 Å². The van der Waals surface area contributed by atoms with E-state index in [4.69, 9.17) is 21.1 Å². The van der Waals surface area contributed by atoms with Gasteiger partial charge in [0.25, 0.3) is 0 Å². The Kier molecular flexibility index (Phi) is 4.93. The van der Waals surface area contributed by atoms with Crippen molar-refractivity contribution in [3.05, 3.63) is 28.2 Å². The van der Waals surface area contributed by atoms with Gasteiger partial charge in [0.15, 0.2) is 0 Å². The fourth-order valence-electron chi connectivity index (χ4n) is 2.33. The monoisotopic (exact) mass is 332 g/mol. The van der Waals surface area contributed by atoms with Crippen LogP contribution in [0.1, 0.15) is 31.2 Å². The average Bonchev–Trinajstić information content (AvgIpc) is 2.77. The molecule has 0 spiro atoms. The number of rotatable bonds is 4. The minimum atomic E-state index is -0.0611. The molecule has 0 aliphatic carbocycles. The van der Waals surface area contributed by atoms with E-state index in [1.807, 2.05) is 25.1 Å². The molecule has 1 fully saturated rings. The van der Waals surface area contributed by atoms with Crippen molar-refractivity contribution in [2.75, 3.05) is 13.2 Å². The lowest BCUT2D eigenvalue weighted by molar-refractivity contribution is 0.119. The summed E-state index contributed by atoms with van der Waals surface area (Å²) in [5.74, 6) is 1.23. The highest BCUT2D eigenvalue weighted by molar-refractivity contribution is 9.10. The van der Waals surface area contributed by atoms with Gasteiger partial charge in [-0.2, -0.15) is 0 Å². The molecule has 0 N–H and O–H groups in total. The largest absolute Gasteiger partial charge is 0.494 e. The lowest BCUT2D eigenvalue weighted by Gasteiger charge is -2.19. The zero-order chi connectivity index (χ0) is 13.1. The van der Waals surface area contributed by atoms with E-state index in [0.29, 0.717) is 18.6 Å². The predicted octanol–water partition coefficient (Wildman–Crippen LogP) is 4.55. The highest BCUT2D eigenvalue weighted by Gasteiger charge is 2.31. The molecular weight excluding hydrogens is 316 g/mol. The van der Waals surface area contributed by atoms with Gasteiger partial charge in [0.1, 0.15) is 5.75 Å². The Bertz CT molecular complexity index is 411. The Morgan fingerprint density at radius 3 is 2.94 bits per heavy atom. The molecule has 0 amide bonds. The van der Waals surface area contributed by atoms with E-state index >= 15 is 0 Å².